The second kappa shape index (κ2) is 11.2. The van der Waals surface area contributed by atoms with Gasteiger partial charge in [-0.25, -0.2) is 0 Å². The van der Waals surface area contributed by atoms with Crippen molar-refractivity contribution in [2.75, 3.05) is 13.1 Å². The van der Waals surface area contributed by atoms with Crippen molar-refractivity contribution in [3.63, 3.8) is 0 Å². The predicted molar refractivity (Wildman–Crippen MR) is 122 cm³/mol. The molecule has 1 saturated carbocycles. The zero-order chi connectivity index (χ0) is 22.3. The van der Waals surface area contributed by atoms with Crippen LogP contribution in [-0.4, -0.2) is 30.2 Å². The van der Waals surface area contributed by atoms with Gasteiger partial charge in [-0.05, 0) is 81.0 Å². The van der Waals surface area contributed by atoms with Gasteiger partial charge in [-0.15, -0.1) is 0 Å². The van der Waals surface area contributed by atoms with E-state index in [-0.39, 0.29) is 18.8 Å². The number of benzene rings is 2. The van der Waals surface area contributed by atoms with Gasteiger partial charge in [0, 0.05) is 12.6 Å². The number of likely N-dealkylation sites (N-methyl/N-ethyl adjacent to an activating group) is 1. The Morgan fingerprint density at radius 2 is 1.48 bits per heavy atom. The van der Waals surface area contributed by atoms with E-state index >= 15 is 0 Å². The zero-order valence-corrected chi connectivity index (χ0v) is 18.9. The summed E-state index contributed by atoms with van der Waals surface area (Å²) >= 11 is 0. The Hall–Kier alpha value is -1.81. The van der Waals surface area contributed by atoms with Crippen LogP contribution >= 0.6 is 0 Å². The minimum Gasteiger partial charge on any atom is -0.301 e. The lowest BCUT2D eigenvalue weighted by molar-refractivity contribution is -0.182. The minimum absolute atomic E-state index is 0.267. The topological polar surface area (TPSA) is 3.24 Å². The van der Waals surface area contributed by atoms with Gasteiger partial charge in [-0.2, -0.15) is 13.2 Å². The molecule has 1 aliphatic carbocycles. The summed E-state index contributed by atoms with van der Waals surface area (Å²) in [5.74, 6) is -0.826. The van der Waals surface area contributed by atoms with Crippen LogP contribution < -0.4 is 0 Å². The maximum atomic E-state index is 12.9. The summed E-state index contributed by atoms with van der Waals surface area (Å²) in [6.45, 7) is 6.65. The predicted octanol–water partition coefficient (Wildman–Crippen LogP) is 7.41. The molecule has 0 aromatic heterocycles. The van der Waals surface area contributed by atoms with Gasteiger partial charge < -0.3 is 4.90 Å². The number of nitrogens with zero attached hydrogens (tertiary/aromatic N) is 1. The maximum absolute atomic E-state index is 12.9. The molecule has 0 aliphatic heterocycles. The molecule has 0 amide bonds. The normalized spacial score (nSPS) is 20.7. The van der Waals surface area contributed by atoms with Crippen LogP contribution in [0.1, 0.15) is 68.6 Å². The van der Waals surface area contributed by atoms with Crippen molar-refractivity contribution in [3.05, 3.63) is 71.3 Å². The first-order valence-electron chi connectivity index (χ1n) is 11.8. The van der Waals surface area contributed by atoms with E-state index in [0.29, 0.717) is 18.9 Å². The first-order chi connectivity index (χ1) is 14.9. The average molecular weight is 432 g/mol. The van der Waals surface area contributed by atoms with Gasteiger partial charge in [0.2, 0.25) is 0 Å². The lowest BCUT2D eigenvalue weighted by Crippen LogP contribution is -2.35. The summed E-state index contributed by atoms with van der Waals surface area (Å²) in [4.78, 5) is 2.54. The van der Waals surface area contributed by atoms with Crippen LogP contribution in [0.25, 0.3) is 0 Å². The van der Waals surface area contributed by atoms with E-state index in [0.717, 1.165) is 32.4 Å². The van der Waals surface area contributed by atoms with Gasteiger partial charge in [-0.3, -0.25) is 0 Å². The number of halogens is 3. The highest BCUT2D eigenvalue weighted by Gasteiger charge is 2.41. The molecule has 2 aromatic rings. The van der Waals surface area contributed by atoms with Crippen LogP contribution in [0.2, 0.25) is 0 Å². The summed E-state index contributed by atoms with van der Waals surface area (Å²) in [6, 6.07) is 19.8. The number of rotatable bonds is 9. The summed E-state index contributed by atoms with van der Waals surface area (Å²) in [5, 5.41) is 0. The summed E-state index contributed by atoms with van der Waals surface area (Å²) in [5.41, 5.74) is 3.90. The quantitative estimate of drug-likeness (QED) is 0.400. The van der Waals surface area contributed by atoms with Crippen molar-refractivity contribution in [3.8, 4) is 0 Å². The zero-order valence-electron chi connectivity index (χ0n) is 18.9. The van der Waals surface area contributed by atoms with E-state index in [4.69, 9.17) is 0 Å². The molecule has 2 aromatic carbocycles. The van der Waals surface area contributed by atoms with Gasteiger partial charge in [0.05, 0.1) is 5.92 Å². The molecule has 0 spiro atoms. The fourth-order valence-corrected chi connectivity index (χ4v) is 4.88. The lowest BCUT2D eigenvalue weighted by Gasteiger charge is -2.30. The molecule has 170 valence electrons. The third kappa shape index (κ3) is 7.10. The summed E-state index contributed by atoms with van der Waals surface area (Å²) < 4.78 is 38.7. The summed E-state index contributed by atoms with van der Waals surface area (Å²) in [6.07, 6.45) is 1.01. The molecule has 0 radical (unpaired) electrons. The highest BCUT2D eigenvalue weighted by molar-refractivity contribution is 5.26. The van der Waals surface area contributed by atoms with Gasteiger partial charge in [0.15, 0.2) is 0 Å². The molecule has 31 heavy (non-hydrogen) atoms. The first-order valence-corrected chi connectivity index (χ1v) is 11.8. The third-order valence-corrected chi connectivity index (χ3v) is 7.05. The number of alkyl halides is 3. The van der Waals surface area contributed by atoms with Crippen molar-refractivity contribution in [1.29, 1.82) is 0 Å². The van der Waals surface area contributed by atoms with Gasteiger partial charge in [0.25, 0.3) is 0 Å². The Morgan fingerprint density at radius 1 is 0.871 bits per heavy atom. The van der Waals surface area contributed by atoms with Crippen LogP contribution in [0, 0.1) is 5.92 Å². The Morgan fingerprint density at radius 3 is 2.06 bits per heavy atom. The molecule has 4 heteroatoms. The molecule has 1 fully saturated rings. The molecule has 0 N–H and O–H groups in total. The highest BCUT2D eigenvalue weighted by Crippen LogP contribution is 2.42. The molecule has 1 unspecified atom stereocenters. The molecule has 1 atom stereocenters. The molecule has 1 aliphatic rings. The third-order valence-electron chi connectivity index (χ3n) is 7.05. The number of hydrogen-bond donors (Lipinski definition) is 0. The van der Waals surface area contributed by atoms with Crippen molar-refractivity contribution in [2.45, 2.75) is 76.9 Å². The van der Waals surface area contributed by atoms with Crippen LogP contribution in [0.4, 0.5) is 13.2 Å². The minimum atomic E-state index is -4.03. The van der Waals surface area contributed by atoms with Gasteiger partial charge in [0.1, 0.15) is 0 Å². The molecule has 3 rings (SSSR count). The van der Waals surface area contributed by atoms with E-state index in [1.54, 1.807) is 0 Å². The van der Waals surface area contributed by atoms with Crippen LogP contribution in [0.15, 0.2) is 54.6 Å². The second-order valence-electron chi connectivity index (χ2n) is 9.08. The Kier molecular flexibility index (Phi) is 8.59. The van der Waals surface area contributed by atoms with Gasteiger partial charge in [-0.1, -0.05) is 61.5 Å². The molecular formula is C27H36F3N. The van der Waals surface area contributed by atoms with Crippen LogP contribution in [0.5, 0.6) is 0 Å². The van der Waals surface area contributed by atoms with Gasteiger partial charge >= 0.3 is 6.18 Å². The summed E-state index contributed by atoms with van der Waals surface area (Å²) in [7, 11) is 0. The van der Waals surface area contributed by atoms with E-state index in [2.05, 4.69) is 73.3 Å². The highest BCUT2D eigenvalue weighted by atomic mass is 19.4. The molecule has 0 heterocycles. The molecule has 0 bridgehead atoms. The molecule has 1 nitrogen and oxygen atoms in total. The standard InChI is InChI=1S/C27H36F3N/c1-3-31(20-19-22-7-5-4-6-8-22)21(2)9-10-23-11-13-24(14-12-23)25-15-17-26(18-16-25)27(28,29)30/h4-8,11-14,21,25-26H,3,9-10,15-20H2,1-2H3. The van der Waals surface area contributed by atoms with Crippen LogP contribution in [-0.2, 0) is 12.8 Å². The fraction of sp³-hybridized carbons (Fsp3) is 0.556. The number of hydrogen-bond acceptors (Lipinski definition) is 1. The van der Waals surface area contributed by atoms with Crippen molar-refractivity contribution < 1.29 is 13.2 Å². The van der Waals surface area contributed by atoms with Crippen molar-refractivity contribution in [2.24, 2.45) is 5.92 Å². The van der Waals surface area contributed by atoms with E-state index in [1.807, 2.05) is 0 Å². The second-order valence-corrected chi connectivity index (χ2v) is 9.08. The maximum Gasteiger partial charge on any atom is 0.391 e. The smallest absolute Gasteiger partial charge is 0.301 e. The average Bonchev–Trinajstić information content (AvgIpc) is 2.78. The van der Waals surface area contributed by atoms with Crippen LogP contribution in [0.3, 0.4) is 0 Å². The monoisotopic (exact) mass is 431 g/mol. The van der Waals surface area contributed by atoms with E-state index < -0.39 is 12.1 Å². The molecular weight excluding hydrogens is 395 g/mol. The Balaban J connectivity index is 1.45. The number of aryl methyl sites for hydroxylation is 1. The Labute approximate surface area is 185 Å². The first kappa shape index (κ1) is 23.8. The fourth-order valence-electron chi connectivity index (χ4n) is 4.88. The lowest BCUT2D eigenvalue weighted by atomic mass is 9.78. The SMILES string of the molecule is CCN(CCc1ccccc1)C(C)CCc1ccc(C2CCC(C(F)(F)F)CC2)cc1. The van der Waals surface area contributed by atoms with E-state index in [9.17, 15) is 13.2 Å². The largest absolute Gasteiger partial charge is 0.391 e. The van der Waals surface area contributed by atoms with Crippen molar-refractivity contribution in [1.82, 2.24) is 4.90 Å². The molecule has 0 saturated heterocycles. The van der Waals surface area contributed by atoms with Crippen molar-refractivity contribution >= 4 is 0 Å². The Bertz CT molecular complexity index is 761. The van der Waals surface area contributed by atoms with E-state index in [1.165, 1.54) is 16.7 Å².